The van der Waals surface area contributed by atoms with Crippen LogP contribution in [0.2, 0.25) is 0 Å². The Morgan fingerprint density at radius 3 is 2.32 bits per heavy atom. The summed E-state index contributed by atoms with van der Waals surface area (Å²) in [5, 5.41) is 0. The van der Waals surface area contributed by atoms with Gasteiger partial charge in [-0.25, -0.2) is 0 Å². The quantitative estimate of drug-likeness (QED) is 0.820. The Bertz CT molecular complexity index is 382. The largest absolute Gasteiger partial charge is 0.369 e. The van der Waals surface area contributed by atoms with Gasteiger partial charge in [0.25, 0.3) is 0 Å². The lowest BCUT2D eigenvalue weighted by molar-refractivity contribution is -0.119. The van der Waals surface area contributed by atoms with E-state index >= 15 is 0 Å². The molecule has 1 aromatic rings. The first-order valence-electron chi connectivity index (χ1n) is 6.89. The molecular formula is C15H25N3O. The molecule has 0 aliphatic carbocycles. The molecule has 0 radical (unpaired) electrons. The van der Waals surface area contributed by atoms with Crippen LogP contribution in [0.5, 0.6) is 0 Å². The Morgan fingerprint density at radius 2 is 1.89 bits per heavy atom. The average Bonchev–Trinajstić information content (AvgIpc) is 2.34. The summed E-state index contributed by atoms with van der Waals surface area (Å²) >= 11 is 0. The first-order chi connectivity index (χ1) is 8.93. The molecule has 0 unspecified atom stereocenters. The minimum Gasteiger partial charge on any atom is -0.369 e. The van der Waals surface area contributed by atoms with Crippen LogP contribution >= 0.6 is 0 Å². The van der Waals surface area contributed by atoms with E-state index in [9.17, 15) is 4.79 Å². The van der Waals surface area contributed by atoms with E-state index in [0.29, 0.717) is 18.5 Å². The van der Waals surface area contributed by atoms with E-state index in [1.54, 1.807) is 6.20 Å². The van der Waals surface area contributed by atoms with Crippen molar-refractivity contribution in [3.8, 4) is 0 Å². The second-order valence-electron chi connectivity index (χ2n) is 5.42. The number of primary amides is 1. The molecule has 0 saturated heterocycles. The molecule has 0 bridgehead atoms. The van der Waals surface area contributed by atoms with E-state index in [1.165, 1.54) is 0 Å². The normalized spacial score (nSPS) is 13.2. The number of carbonyl (C=O) groups is 1. The third-order valence-electron chi connectivity index (χ3n) is 3.39. The highest BCUT2D eigenvalue weighted by molar-refractivity contribution is 5.81. The summed E-state index contributed by atoms with van der Waals surface area (Å²) in [6, 6.07) is 6.51. The maximum absolute atomic E-state index is 11.6. The number of rotatable bonds is 7. The number of hydrogen-bond donors (Lipinski definition) is 1. The lowest BCUT2D eigenvalue weighted by Crippen LogP contribution is -2.39. The van der Waals surface area contributed by atoms with Gasteiger partial charge in [-0.05, 0) is 52.8 Å². The first kappa shape index (κ1) is 15.6. The summed E-state index contributed by atoms with van der Waals surface area (Å²) in [6.07, 6.45) is 2.41. The molecule has 1 heterocycles. The van der Waals surface area contributed by atoms with Crippen LogP contribution in [0.3, 0.4) is 0 Å². The van der Waals surface area contributed by atoms with Gasteiger partial charge in [-0.3, -0.25) is 14.7 Å². The predicted molar refractivity (Wildman–Crippen MR) is 77.8 cm³/mol. The number of nitrogens with two attached hydrogens (primary N) is 1. The molecule has 4 heteroatoms. The molecule has 0 aromatic carbocycles. The van der Waals surface area contributed by atoms with Crippen molar-refractivity contribution < 1.29 is 4.79 Å². The van der Waals surface area contributed by atoms with Gasteiger partial charge in [0, 0.05) is 18.3 Å². The average molecular weight is 263 g/mol. The molecule has 0 spiro atoms. The van der Waals surface area contributed by atoms with Crippen LogP contribution < -0.4 is 5.73 Å². The Hall–Kier alpha value is -1.42. The van der Waals surface area contributed by atoms with Gasteiger partial charge in [-0.2, -0.15) is 0 Å². The van der Waals surface area contributed by atoms with Crippen molar-refractivity contribution in [1.29, 1.82) is 0 Å². The topological polar surface area (TPSA) is 59.2 Å². The van der Waals surface area contributed by atoms with Crippen molar-refractivity contribution in [1.82, 2.24) is 9.88 Å². The molecule has 0 fully saturated rings. The van der Waals surface area contributed by atoms with Crippen LogP contribution in [-0.4, -0.2) is 34.4 Å². The van der Waals surface area contributed by atoms with Gasteiger partial charge >= 0.3 is 0 Å². The summed E-state index contributed by atoms with van der Waals surface area (Å²) in [6.45, 7) is 9.51. The van der Waals surface area contributed by atoms with Crippen LogP contribution in [0.25, 0.3) is 0 Å². The van der Waals surface area contributed by atoms with Crippen LogP contribution in [0.15, 0.2) is 24.4 Å². The van der Waals surface area contributed by atoms with E-state index in [2.05, 4.69) is 37.6 Å². The number of amides is 1. The minimum absolute atomic E-state index is 0.300. The smallest absolute Gasteiger partial charge is 0.226 e. The van der Waals surface area contributed by atoms with E-state index < -0.39 is 0 Å². The zero-order valence-electron chi connectivity index (χ0n) is 12.3. The third kappa shape index (κ3) is 4.63. The molecule has 1 amide bonds. The monoisotopic (exact) mass is 263 g/mol. The van der Waals surface area contributed by atoms with Crippen LogP contribution in [0.1, 0.15) is 45.7 Å². The lowest BCUT2D eigenvalue weighted by Gasteiger charge is -2.31. The van der Waals surface area contributed by atoms with Gasteiger partial charge in [0.05, 0.1) is 11.6 Å². The highest BCUT2D eigenvalue weighted by atomic mass is 16.1. The summed E-state index contributed by atoms with van der Waals surface area (Å²) < 4.78 is 0. The summed E-state index contributed by atoms with van der Waals surface area (Å²) in [5.41, 5.74) is 6.28. The third-order valence-corrected chi connectivity index (χ3v) is 3.39. The van der Waals surface area contributed by atoms with Crippen molar-refractivity contribution in [3.63, 3.8) is 0 Å². The molecular weight excluding hydrogens is 238 g/mol. The van der Waals surface area contributed by atoms with Crippen LogP contribution in [-0.2, 0) is 4.79 Å². The molecule has 106 valence electrons. The highest BCUT2D eigenvalue weighted by Crippen LogP contribution is 2.19. The molecule has 1 aromatic heterocycles. The molecule has 0 saturated carbocycles. The summed E-state index contributed by atoms with van der Waals surface area (Å²) in [5.74, 6) is -0.604. The fourth-order valence-corrected chi connectivity index (χ4v) is 2.41. The van der Waals surface area contributed by atoms with E-state index in [-0.39, 0.29) is 11.8 Å². The molecule has 1 rings (SSSR count). The van der Waals surface area contributed by atoms with Crippen molar-refractivity contribution in [2.24, 2.45) is 5.73 Å². The second kappa shape index (κ2) is 7.24. The number of nitrogens with zero attached hydrogens (tertiary/aromatic N) is 2. The van der Waals surface area contributed by atoms with Gasteiger partial charge in [0.2, 0.25) is 5.91 Å². The SMILES string of the molecule is CC(C)N(CC[C@@H](C(N)=O)c1ccccn1)C(C)C. The Balaban J connectivity index is 2.73. The van der Waals surface area contributed by atoms with Crippen LogP contribution in [0, 0.1) is 0 Å². The molecule has 1 atom stereocenters. The van der Waals surface area contributed by atoms with E-state index in [4.69, 9.17) is 5.73 Å². The number of hydrogen-bond acceptors (Lipinski definition) is 3. The summed E-state index contributed by atoms with van der Waals surface area (Å²) in [7, 11) is 0. The zero-order valence-corrected chi connectivity index (χ0v) is 12.3. The van der Waals surface area contributed by atoms with Gasteiger partial charge in [0.15, 0.2) is 0 Å². The Labute approximate surface area is 116 Å². The van der Waals surface area contributed by atoms with Gasteiger partial charge in [-0.1, -0.05) is 6.07 Å². The number of aromatic nitrogens is 1. The maximum atomic E-state index is 11.6. The fraction of sp³-hybridized carbons (Fsp3) is 0.600. The van der Waals surface area contributed by atoms with E-state index in [1.807, 2.05) is 18.2 Å². The standard InChI is InChI=1S/C15H25N3O/c1-11(2)18(12(3)4)10-8-13(15(16)19)14-7-5-6-9-17-14/h5-7,9,11-13H,8,10H2,1-4H3,(H2,16,19)/t13-/m1/s1. The zero-order chi connectivity index (χ0) is 14.4. The molecule has 4 nitrogen and oxygen atoms in total. The fourth-order valence-electron chi connectivity index (χ4n) is 2.41. The molecule has 2 N–H and O–H groups in total. The van der Waals surface area contributed by atoms with Gasteiger partial charge in [-0.15, -0.1) is 0 Å². The summed E-state index contributed by atoms with van der Waals surface area (Å²) in [4.78, 5) is 18.2. The Morgan fingerprint density at radius 1 is 1.26 bits per heavy atom. The van der Waals surface area contributed by atoms with E-state index in [0.717, 1.165) is 12.2 Å². The van der Waals surface area contributed by atoms with Gasteiger partial charge in [0.1, 0.15) is 0 Å². The minimum atomic E-state index is -0.304. The van der Waals surface area contributed by atoms with Crippen molar-refractivity contribution in [2.45, 2.75) is 52.1 Å². The van der Waals surface area contributed by atoms with Crippen LogP contribution in [0.4, 0.5) is 0 Å². The lowest BCUT2D eigenvalue weighted by atomic mass is 9.99. The highest BCUT2D eigenvalue weighted by Gasteiger charge is 2.22. The first-order valence-corrected chi connectivity index (χ1v) is 6.89. The second-order valence-corrected chi connectivity index (χ2v) is 5.42. The van der Waals surface area contributed by atoms with Crippen molar-refractivity contribution >= 4 is 5.91 Å². The maximum Gasteiger partial charge on any atom is 0.226 e. The Kier molecular flexibility index (Phi) is 5.96. The number of carbonyl (C=O) groups excluding carboxylic acids is 1. The molecule has 0 aliphatic rings. The molecule has 0 aliphatic heterocycles. The molecule has 19 heavy (non-hydrogen) atoms. The van der Waals surface area contributed by atoms with Crippen molar-refractivity contribution in [3.05, 3.63) is 30.1 Å². The van der Waals surface area contributed by atoms with Gasteiger partial charge < -0.3 is 5.73 Å². The number of pyridine rings is 1. The van der Waals surface area contributed by atoms with Crippen molar-refractivity contribution in [2.75, 3.05) is 6.54 Å². The predicted octanol–water partition coefficient (Wildman–Crippen LogP) is 2.16.